The normalized spacial score (nSPS) is 37.4. The van der Waals surface area contributed by atoms with Crippen molar-refractivity contribution in [1.29, 1.82) is 0 Å². The molecule has 1 aromatic rings. The predicted octanol–water partition coefficient (Wildman–Crippen LogP) is 2.21. The summed E-state index contributed by atoms with van der Waals surface area (Å²) in [6.45, 7) is 0.863. The van der Waals surface area contributed by atoms with Crippen LogP contribution in [0.4, 0.5) is 0 Å². The van der Waals surface area contributed by atoms with Crippen LogP contribution in [0.15, 0.2) is 12.5 Å². The third kappa shape index (κ3) is 2.67. The first-order chi connectivity index (χ1) is 10.6. The van der Waals surface area contributed by atoms with Crippen LogP contribution in [0.1, 0.15) is 44.2 Å². The van der Waals surface area contributed by atoms with Gasteiger partial charge in [-0.3, -0.25) is 4.79 Å². The maximum atomic E-state index is 11.5. The molecule has 5 nitrogen and oxygen atoms in total. The molecule has 0 saturated heterocycles. The molecular weight excluding hydrogens is 278 g/mol. The van der Waals surface area contributed by atoms with Gasteiger partial charge in [0, 0.05) is 24.9 Å². The summed E-state index contributed by atoms with van der Waals surface area (Å²) < 4.78 is 0. The first-order valence-corrected chi connectivity index (χ1v) is 8.55. The smallest absolute Gasteiger partial charge is 0.321 e. The SMILES string of the molecule is O=C(O)[C@@H](Cc1cnc[nH]1)NCC12CC3CC(CC(C3)C1)C2. The lowest BCUT2D eigenvalue weighted by molar-refractivity contribution is -0.140. The minimum absolute atomic E-state index is 0.371. The summed E-state index contributed by atoms with van der Waals surface area (Å²) in [4.78, 5) is 18.5. The van der Waals surface area contributed by atoms with Crippen LogP contribution in [-0.2, 0) is 11.2 Å². The van der Waals surface area contributed by atoms with E-state index in [-0.39, 0.29) is 0 Å². The average Bonchev–Trinajstić information content (AvgIpc) is 2.94. The highest BCUT2D eigenvalue weighted by atomic mass is 16.4. The quantitative estimate of drug-likeness (QED) is 0.753. The van der Waals surface area contributed by atoms with Crippen LogP contribution in [0.5, 0.6) is 0 Å². The number of imidazole rings is 1. The van der Waals surface area contributed by atoms with Crippen molar-refractivity contribution in [3.05, 3.63) is 18.2 Å². The second kappa shape index (κ2) is 5.37. The van der Waals surface area contributed by atoms with Gasteiger partial charge in [-0.1, -0.05) is 0 Å². The number of aliphatic carboxylic acids is 1. The van der Waals surface area contributed by atoms with Crippen molar-refractivity contribution in [2.75, 3.05) is 6.54 Å². The summed E-state index contributed by atoms with van der Waals surface area (Å²) in [7, 11) is 0. The zero-order valence-electron chi connectivity index (χ0n) is 12.9. The van der Waals surface area contributed by atoms with E-state index in [1.54, 1.807) is 12.5 Å². The molecule has 4 bridgehead atoms. The van der Waals surface area contributed by atoms with Gasteiger partial charge in [0.2, 0.25) is 0 Å². The fourth-order valence-corrected chi connectivity index (χ4v) is 5.71. The van der Waals surface area contributed by atoms with E-state index in [4.69, 9.17) is 0 Å². The van der Waals surface area contributed by atoms with E-state index in [2.05, 4.69) is 15.3 Å². The highest BCUT2D eigenvalue weighted by Gasteiger charge is 2.50. The van der Waals surface area contributed by atoms with Gasteiger partial charge >= 0.3 is 5.97 Å². The number of hydrogen-bond acceptors (Lipinski definition) is 3. The van der Waals surface area contributed by atoms with E-state index in [1.807, 2.05) is 0 Å². The molecule has 4 saturated carbocycles. The minimum Gasteiger partial charge on any atom is -0.480 e. The lowest BCUT2D eigenvalue weighted by Crippen LogP contribution is -2.53. The third-order valence-corrected chi connectivity index (χ3v) is 6.17. The maximum Gasteiger partial charge on any atom is 0.321 e. The number of carboxylic acids is 1. The van der Waals surface area contributed by atoms with Gasteiger partial charge in [0.1, 0.15) is 6.04 Å². The number of nitrogens with zero attached hydrogens (tertiary/aromatic N) is 1. The van der Waals surface area contributed by atoms with E-state index in [1.165, 1.54) is 38.5 Å². The van der Waals surface area contributed by atoms with Crippen LogP contribution in [0.25, 0.3) is 0 Å². The fourth-order valence-electron chi connectivity index (χ4n) is 5.71. The Hall–Kier alpha value is -1.36. The number of aromatic nitrogens is 2. The van der Waals surface area contributed by atoms with Crippen molar-refractivity contribution in [2.45, 2.75) is 51.0 Å². The summed E-state index contributed by atoms with van der Waals surface area (Å²) in [6.07, 6.45) is 12.0. The highest BCUT2D eigenvalue weighted by molar-refractivity contribution is 5.73. The summed E-state index contributed by atoms with van der Waals surface area (Å²) in [5, 5.41) is 12.9. The molecule has 0 aliphatic heterocycles. The van der Waals surface area contributed by atoms with Gasteiger partial charge in [-0.05, 0) is 61.7 Å². The first kappa shape index (κ1) is 14.2. The molecule has 1 heterocycles. The lowest BCUT2D eigenvalue weighted by atomic mass is 9.49. The van der Waals surface area contributed by atoms with Crippen LogP contribution in [0.2, 0.25) is 0 Å². The van der Waals surface area contributed by atoms with Gasteiger partial charge in [0.15, 0.2) is 0 Å². The van der Waals surface area contributed by atoms with Crippen molar-refractivity contribution in [3.8, 4) is 0 Å². The number of hydrogen-bond donors (Lipinski definition) is 3. The number of nitrogens with one attached hydrogen (secondary N) is 2. The standard InChI is InChI=1S/C17H25N3O2/c21-16(22)15(4-14-8-18-10-20-14)19-9-17-5-11-1-12(6-17)3-13(2-11)7-17/h8,10-13,15,19H,1-7,9H2,(H,18,20)(H,21,22)/t11?,12?,13?,15-,17?/m1/s1. The van der Waals surface area contributed by atoms with E-state index in [0.29, 0.717) is 11.8 Å². The van der Waals surface area contributed by atoms with Gasteiger partial charge in [-0.25, -0.2) is 4.98 Å². The van der Waals surface area contributed by atoms with E-state index in [0.717, 1.165) is 30.0 Å². The summed E-state index contributed by atoms with van der Waals surface area (Å²) >= 11 is 0. The Kier molecular flexibility index (Phi) is 3.48. The summed E-state index contributed by atoms with van der Waals surface area (Å²) in [5.74, 6) is 1.95. The molecule has 0 amide bonds. The molecule has 0 unspecified atom stereocenters. The Morgan fingerprint density at radius 2 is 1.95 bits per heavy atom. The largest absolute Gasteiger partial charge is 0.480 e. The zero-order valence-corrected chi connectivity index (χ0v) is 12.9. The van der Waals surface area contributed by atoms with Crippen molar-refractivity contribution in [2.24, 2.45) is 23.2 Å². The Labute approximate surface area is 130 Å². The number of H-pyrrole nitrogens is 1. The molecule has 1 aromatic heterocycles. The molecule has 22 heavy (non-hydrogen) atoms. The molecule has 0 aromatic carbocycles. The topological polar surface area (TPSA) is 78.0 Å². The zero-order chi connectivity index (χ0) is 15.2. The van der Waals surface area contributed by atoms with Crippen LogP contribution in [-0.4, -0.2) is 33.6 Å². The first-order valence-electron chi connectivity index (χ1n) is 8.55. The molecular formula is C17H25N3O2. The Balaban J connectivity index is 1.41. The Morgan fingerprint density at radius 1 is 1.32 bits per heavy atom. The number of carboxylic acid groups (broad SMARTS) is 1. The summed E-state index contributed by atoms with van der Waals surface area (Å²) in [6, 6.07) is -0.520. The van der Waals surface area contributed by atoms with Crippen molar-refractivity contribution >= 4 is 5.97 Å². The van der Waals surface area contributed by atoms with E-state index >= 15 is 0 Å². The van der Waals surface area contributed by atoms with Gasteiger partial charge in [-0.15, -0.1) is 0 Å². The van der Waals surface area contributed by atoms with E-state index < -0.39 is 12.0 Å². The van der Waals surface area contributed by atoms with Gasteiger partial charge < -0.3 is 15.4 Å². The van der Waals surface area contributed by atoms with Crippen LogP contribution in [0.3, 0.4) is 0 Å². The molecule has 3 N–H and O–H groups in total. The van der Waals surface area contributed by atoms with Crippen molar-refractivity contribution in [3.63, 3.8) is 0 Å². The second-order valence-electron chi connectivity index (χ2n) is 7.97. The predicted molar refractivity (Wildman–Crippen MR) is 82.3 cm³/mol. The van der Waals surface area contributed by atoms with Gasteiger partial charge in [0.25, 0.3) is 0 Å². The van der Waals surface area contributed by atoms with Crippen LogP contribution in [0, 0.1) is 23.2 Å². The third-order valence-electron chi connectivity index (χ3n) is 6.17. The number of aromatic amines is 1. The number of carbonyl (C=O) groups is 1. The van der Waals surface area contributed by atoms with Gasteiger partial charge in [-0.2, -0.15) is 0 Å². The molecule has 5 rings (SSSR count). The lowest BCUT2D eigenvalue weighted by Gasteiger charge is -2.57. The second-order valence-corrected chi connectivity index (χ2v) is 7.97. The maximum absolute atomic E-state index is 11.5. The molecule has 1 atom stereocenters. The molecule has 0 radical (unpaired) electrons. The number of rotatable bonds is 6. The van der Waals surface area contributed by atoms with Crippen molar-refractivity contribution < 1.29 is 9.90 Å². The molecule has 0 spiro atoms. The molecule has 4 aliphatic rings. The summed E-state index contributed by atoms with van der Waals surface area (Å²) in [5.41, 5.74) is 1.25. The molecule has 4 fully saturated rings. The molecule has 4 aliphatic carbocycles. The Morgan fingerprint density at radius 3 is 2.45 bits per heavy atom. The molecule has 5 heteroatoms. The average molecular weight is 303 g/mol. The van der Waals surface area contributed by atoms with Crippen LogP contribution < -0.4 is 5.32 Å². The monoisotopic (exact) mass is 303 g/mol. The highest BCUT2D eigenvalue weighted by Crippen LogP contribution is 2.59. The Bertz CT molecular complexity index is 505. The van der Waals surface area contributed by atoms with Crippen molar-refractivity contribution in [1.82, 2.24) is 15.3 Å². The minimum atomic E-state index is -0.765. The fraction of sp³-hybridized carbons (Fsp3) is 0.765. The van der Waals surface area contributed by atoms with Crippen LogP contribution >= 0.6 is 0 Å². The van der Waals surface area contributed by atoms with Gasteiger partial charge in [0.05, 0.1) is 6.33 Å². The molecule has 120 valence electrons. The van der Waals surface area contributed by atoms with E-state index in [9.17, 15) is 9.90 Å².